The summed E-state index contributed by atoms with van der Waals surface area (Å²) in [5, 5.41) is 6.00. The fraction of sp³-hybridized carbons (Fsp3) is 0.136. The number of nitrogens with one attached hydrogen (secondary N) is 2. The van der Waals surface area contributed by atoms with Crippen LogP contribution in [0.15, 0.2) is 84.9 Å². The topological polar surface area (TPSA) is 41.1 Å². The van der Waals surface area contributed by atoms with E-state index in [9.17, 15) is 9.18 Å². The van der Waals surface area contributed by atoms with Gasteiger partial charge in [-0.25, -0.2) is 4.39 Å². The summed E-state index contributed by atoms with van der Waals surface area (Å²) < 4.78 is 13.8. The average molecular weight is 348 g/mol. The Hall–Kier alpha value is -2.98. The Morgan fingerprint density at radius 1 is 0.808 bits per heavy atom. The van der Waals surface area contributed by atoms with Crippen LogP contribution in [0, 0.1) is 5.82 Å². The zero-order valence-corrected chi connectivity index (χ0v) is 14.5. The van der Waals surface area contributed by atoms with Crippen molar-refractivity contribution in [3.8, 4) is 0 Å². The molecular formula is C22H21FN2O. The highest BCUT2D eigenvalue weighted by Gasteiger charge is 2.21. The molecule has 0 aromatic heterocycles. The van der Waals surface area contributed by atoms with Gasteiger partial charge < -0.3 is 5.32 Å². The predicted molar refractivity (Wildman–Crippen MR) is 102 cm³/mol. The molecule has 0 aliphatic heterocycles. The molecule has 1 atom stereocenters. The van der Waals surface area contributed by atoms with Crippen molar-refractivity contribution in [2.24, 2.45) is 0 Å². The number of rotatable bonds is 6. The highest BCUT2D eigenvalue weighted by atomic mass is 19.1. The van der Waals surface area contributed by atoms with Crippen LogP contribution < -0.4 is 10.6 Å². The fourth-order valence-corrected chi connectivity index (χ4v) is 2.81. The van der Waals surface area contributed by atoms with Crippen molar-refractivity contribution in [3.63, 3.8) is 0 Å². The first-order valence-electron chi connectivity index (χ1n) is 8.56. The van der Waals surface area contributed by atoms with Crippen molar-refractivity contribution in [1.29, 1.82) is 0 Å². The Morgan fingerprint density at radius 3 is 1.85 bits per heavy atom. The van der Waals surface area contributed by atoms with Gasteiger partial charge in [-0.05, 0) is 30.2 Å². The third-order valence-electron chi connectivity index (χ3n) is 4.21. The van der Waals surface area contributed by atoms with Crippen molar-refractivity contribution < 1.29 is 9.18 Å². The maximum absolute atomic E-state index is 13.8. The molecule has 0 aliphatic rings. The van der Waals surface area contributed by atoms with Crippen LogP contribution in [0.25, 0.3) is 0 Å². The molecule has 0 heterocycles. The normalized spacial score (nSPS) is 12.0. The number of para-hydroxylation sites is 1. The second-order valence-corrected chi connectivity index (χ2v) is 6.11. The van der Waals surface area contributed by atoms with E-state index >= 15 is 0 Å². The first-order valence-corrected chi connectivity index (χ1v) is 8.56. The van der Waals surface area contributed by atoms with Crippen molar-refractivity contribution in [2.45, 2.75) is 19.0 Å². The number of anilines is 1. The monoisotopic (exact) mass is 348 g/mol. The predicted octanol–water partition coefficient (Wildman–Crippen LogP) is 4.53. The van der Waals surface area contributed by atoms with Crippen molar-refractivity contribution in [3.05, 3.63) is 102 Å². The van der Waals surface area contributed by atoms with E-state index in [1.807, 2.05) is 60.7 Å². The molecule has 2 N–H and O–H groups in total. The van der Waals surface area contributed by atoms with Gasteiger partial charge in [-0.15, -0.1) is 0 Å². The largest absolute Gasteiger partial charge is 0.322 e. The Bertz CT molecular complexity index is 813. The Labute approximate surface area is 152 Å². The van der Waals surface area contributed by atoms with E-state index in [2.05, 4.69) is 10.6 Å². The summed E-state index contributed by atoms with van der Waals surface area (Å²) in [5.41, 5.74) is 2.30. The number of carbonyl (C=O) groups is 1. The standard InChI is InChI=1S/C22H21FN2O/c1-16(22(26)25-20-15-9-8-14-19(20)23)24-21(17-10-4-2-5-11-17)18-12-6-3-7-13-18/h2-16,21,24H,1H3,(H,25,26)/t16-/m1/s1. The smallest absolute Gasteiger partial charge is 0.241 e. The molecule has 1 amide bonds. The molecule has 4 heteroatoms. The van der Waals surface area contributed by atoms with E-state index in [0.29, 0.717) is 0 Å². The molecule has 132 valence electrons. The lowest BCUT2D eigenvalue weighted by atomic mass is 9.98. The van der Waals surface area contributed by atoms with E-state index in [4.69, 9.17) is 0 Å². The summed E-state index contributed by atoms with van der Waals surface area (Å²) in [6.45, 7) is 1.77. The van der Waals surface area contributed by atoms with Crippen molar-refractivity contribution in [2.75, 3.05) is 5.32 Å². The zero-order chi connectivity index (χ0) is 18.4. The lowest BCUT2D eigenvalue weighted by Gasteiger charge is -2.24. The van der Waals surface area contributed by atoms with Gasteiger partial charge in [0.2, 0.25) is 5.91 Å². The van der Waals surface area contributed by atoms with Gasteiger partial charge in [0.05, 0.1) is 17.8 Å². The molecular weight excluding hydrogens is 327 g/mol. The zero-order valence-electron chi connectivity index (χ0n) is 14.5. The van der Waals surface area contributed by atoms with E-state index in [1.54, 1.807) is 25.1 Å². The first-order chi connectivity index (χ1) is 12.6. The van der Waals surface area contributed by atoms with Gasteiger partial charge in [0.15, 0.2) is 0 Å². The molecule has 0 fully saturated rings. The molecule has 0 unspecified atom stereocenters. The summed E-state index contributed by atoms with van der Waals surface area (Å²) in [4.78, 5) is 12.5. The molecule has 3 rings (SSSR count). The number of benzene rings is 3. The number of halogens is 1. The minimum atomic E-state index is -0.514. The highest BCUT2D eigenvalue weighted by molar-refractivity contribution is 5.94. The van der Waals surface area contributed by atoms with Crippen LogP contribution in [-0.4, -0.2) is 11.9 Å². The Morgan fingerprint density at radius 2 is 1.31 bits per heavy atom. The lowest BCUT2D eigenvalue weighted by molar-refractivity contribution is -0.117. The van der Waals surface area contributed by atoms with Gasteiger partial charge >= 0.3 is 0 Å². The third kappa shape index (κ3) is 4.35. The minimum Gasteiger partial charge on any atom is -0.322 e. The van der Waals surface area contributed by atoms with E-state index in [-0.39, 0.29) is 17.6 Å². The van der Waals surface area contributed by atoms with Crippen LogP contribution in [-0.2, 0) is 4.79 Å². The molecule has 26 heavy (non-hydrogen) atoms. The van der Waals surface area contributed by atoms with Crippen LogP contribution >= 0.6 is 0 Å². The molecule has 3 nitrogen and oxygen atoms in total. The van der Waals surface area contributed by atoms with Crippen LogP contribution in [0.4, 0.5) is 10.1 Å². The average Bonchev–Trinajstić information content (AvgIpc) is 2.69. The van der Waals surface area contributed by atoms with E-state index < -0.39 is 11.9 Å². The third-order valence-corrected chi connectivity index (χ3v) is 4.21. The molecule has 3 aromatic rings. The van der Waals surface area contributed by atoms with Gasteiger partial charge in [-0.2, -0.15) is 0 Å². The summed E-state index contributed by atoms with van der Waals surface area (Å²) >= 11 is 0. The van der Waals surface area contributed by atoms with Crippen LogP contribution in [0.5, 0.6) is 0 Å². The van der Waals surface area contributed by atoms with Crippen LogP contribution in [0.3, 0.4) is 0 Å². The summed E-state index contributed by atoms with van der Waals surface area (Å²) in [5.74, 6) is -0.734. The van der Waals surface area contributed by atoms with E-state index in [1.165, 1.54) is 6.07 Å². The van der Waals surface area contributed by atoms with Gasteiger partial charge in [0, 0.05) is 0 Å². The molecule has 0 radical (unpaired) electrons. The number of hydrogen-bond acceptors (Lipinski definition) is 2. The molecule has 0 saturated heterocycles. The fourth-order valence-electron chi connectivity index (χ4n) is 2.81. The number of carbonyl (C=O) groups excluding carboxylic acids is 1. The molecule has 0 aliphatic carbocycles. The Balaban J connectivity index is 1.78. The number of amides is 1. The maximum atomic E-state index is 13.8. The van der Waals surface area contributed by atoms with E-state index in [0.717, 1.165) is 11.1 Å². The highest BCUT2D eigenvalue weighted by Crippen LogP contribution is 2.22. The lowest BCUT2D eigenvalue weighted by Crippen LogP contribution is -2.40. The minimum absolute atomic E-state index is 0.140. The number of hydrogen-bond donors (Lipinski definition) is 2. The first kappa shape index (κ1) is 17.8. The maximum Gasteiger partial charge on any atom is 0.241 e. The van der Waals surface area contributed by atoms with Crippen molar-refractivity contribution in [1.82, 2.24) is 5.32 Å². The SMILES string of the molecule is C[C@@H](NC(c1ccccc1)c1ccccc1)C(=O)Nc1ccccc1F. The van der Waals surface area contributed by atoms with Crippen LogP contribution in [0.2, 0.25) is 0 Å². The quantitative estimate of drug-likeness (QED) is 0.687. The second-order valence-electron chi connectivity index (χ2n) is 6.11. The second kappa shape index (κ2) is 8.41. The molecule has 0 spiro atoms. The summed E-state index contributed by atoms with van der Waals surface area (Å²) in [7, 11) is 0. The van der Waals surface area contributed by atoms with Gasteiger partial charge in [0.25, 0.3) is 0 Å². The summed E-state index contributed by atoms with van der Waals surface area (Å²) in [6.07, 6.45) is 0. The molecule has 3 aromatic carbocycles. The molecule has 0 bridgehead atoms. The van der Waals surface area contributed by atoms with Crippen LogP contribution in [0.1, 0.15) is 24.1 Å². The summed E-state index contributed by atoms with van der Waals surface area (Å²) in [6, 6.07) is 25.4. The van der Waals surface area contributed by atoms with Gasteiger partial charge in [-0.1, -0.05) is 72.8 Å². The van der Waals surface area contributed by atoms with Gasteiger partial charge in [-0.3, -0.25) is 10.1 Å². The van der Waals surface area contributed by atoms with Crippen molar-refractivity contribution >= 4 is 11.6 Å². The Kier molecular flexibility index (Phi) is 5.77. The van der Waals surface area contributed by atoms with Gasteiger partial charge in [0.1, 0.15) is 5.82 Å². The molecule has 0 saturated carbocycles.